The molecule has 0 aromatic heterocycles. The molecule has 0 saturated carbocycles. The van der Waals surface area contributed by atoms with E-state index in [4.69, 9.17) is 16.4 Å². The Bertz CT molecular complexity index is 608. The molecule has 0 aliphatic heterocycles. The van der Waals surface area contributed by atoms with Crippen molar-refractivity contribution in [1.29, 1.82) is 0 Å². The standard InChI is InChI=1S/C17H23N3O3/c1-6-10-20(5)13(3)14-8-9-15(12-18-22)16(11-14)23-17(21)19(4)7-2/h1,8-9,11-13,22H,7,10H2,2-5H3/b18-12-. The van der Waals surface area contributed by atoms with Gasteiger partial charge in [-0.05, 0) is 38.6 Å². The van der Waals surface area contributed by atoms with Gasteiger partial charge in [-0.15, -0.1) is 6.42 Å². The molecule has 0 heterocycles. The van der Waals surface area contributed by atoms with Crippen molar-refractivity contribution >= 4 is 12.3 Å². The van der Waals surface area contributed by atoms with Gasteiger partial charge >= 0.3 is 6.09 Å². The molecular formula is C17H23N3O3. The molecule has 6 heteroatoms. The van der Waals surface area contributed by atoms with Crippen LogP contribution in [0.15, 0.2) is 23.4 Å². The van der Waals surface area contributed by atoms with Gasteiger partial charge < -0.3 is 14.8 Å². The van der Waals surface area contributed by atoms with E-state index in [2.05, 4.69) is 11.1 Å². The van der Waals surface area contributed by atoms with Crippen LogP contribution in [0.2, 0.25) is 0 Å². The second-order valence-electron chi connectivity index (χ2n) is 5.22. The van der Waals surface area contributed by atoms with Crippen LogP contribution in [-0.2, 0) is 0 Å². The topological polar surface area (TPSA) is 65.4 Å². The Balaban J connectivity index is 3.12. The molecular weight excluding hydrogens is 294 g/mol. The van der Waals surface area contributed by atoms with Gasteiger partial charge in [-0.3, -0.25) is 4.90 Å². The summed E-state index contributed by atoms with van der Waals surface area (Å²) in [6, 6.07) is 5.43. The zero-order chi connectivity index (χ0) is 17.4. The molecule has 1 atom stereocenters. The lowest BCUT2D eigenvalue weighted by Gasteiger charge is -2.24. The summed E-state index contributed by atoms with van der Waals surface area (Å²) in [5.41, 5.74) is 1.46. The maximum atomic E-state index is 12.0. The van der Waals surface area contributed by atoms with Gasteiger partial charge in [0.2, 0.25) is 0 Å². The van der Waals surface area contributed by atoms with Crippen molar-refractivity contribution in [2.75, 3.05) is 27.2 Å². The number of rotatable bonds is 6. The summed E-state index contributed by atoms with van der Waals surface area (Å²) in [5.74, 6) is 2.94. The Morgan fingerprint density at radius 1 is 1.52 bits per heavy atom. The van der Waals surface area contributed by atoms with Crippen molar-refractivity contribution in [2.24, 2.45) is 5.16 Å². The largest absolute Gasteiger partial charge is 0.414 e. The molecule has 0 aliphatic rings. The number of nitrogens with zero attached hydrogens (tertiary/aromatic N) is 3. The number of ether oxygens (including phenoxy) is 1. The van der Waals surface area contributed by atoms with Crippen LogP contribution in [0.25, 0.3) is 0 Å². The predicted octanol–water partition coefficient (Wildman–Crippen LogP) is 2.57. The molecule has 0 radical (unpaired) electrons. The van der Waals surface area contributed by atoms with Crippen LogP contribution in [0.5, 0.6) is 5.75 Å². The Kier molecular flexibility index (Phi) is 7.10. The van der Waals surface area contributed by atoms with Gasteiger partial charge in [0.1, 0.15) is 5.75 Å². The average molecular weight is 317 g/mol. The summed E-state index contributed by atoms with van der Waals surface area (Å²) < 4.78 is 5.41. The fraction of sp³-hybridized carbons (Fsp3) is 0.412. The monoisotopic (exact) mass is 317 g/mol. The maximum absolute atomic E-state index is 12.0. The molecule has 1 rings (SSSR count). The Labute approximate surface area is 137 Å². The quantitative estimate of drug-likeness (QED) is 0.379. The summed E-state index contributed by atoms with van der Waals surface area (Å²) >= 11 is 0. The molecule has 1 N–H and O–H groups in total. The van der Waals surface area contributed by atoms with E-state index in [1.54, 1.807) is 19.2 Å². The Hall–Kier alpha value is -2.52. The van der Waals surface area contributed by atoms with Crippen LogP contribution in [-0.4, -0.2) is 54.5 Å². The summed E-state index contributed by atoms with van der Waals surface area (Å²) in [6.07, 6.45) is 6.10. The van der Waals surface area contributed by atoms with Gasteiger partial charge in [0, 0.05) is 25.2 Å². The van der Waals surface area contributed by atoms with Crippen LogP contribution in [0.4, 0.5) is 4.79 Å². The molecule has 0 bridgehead atoms. The van der Waals surface area contributed by atoms with E-state index in [0.717, 1.165) is 5.56 Å². The molecule has 1 aromatic carbocycles. The minimum atomic E-state index is -0.470. The third-order valence-corrected chi connectivity index (χ3v) is 3.70. The SMILES string of the molecule is C#CCN(C)C(C)c1ccc(/C=N\O)c(OC(=O)N(C)CC)c1. The first kappa shape index (κ1) is 18.5. The van der Waals surface area contributed by atoms with E-state index in [1.807, 2.05) is 31.9 Å². The maximum Gasteiger partial charge on any atom is 0.414 e. The zero-order valence-corrected chi connectivity index (χ0v) is 14.0. The van der Waals surface area contributed by atoms with E-state index in [-0.39, 0.29) is 6.04 Å². The number of carbonyl (C=O) groups excluding carboxylic acids is 1. The van der Waals surface area contributed by atoms with Gasteiger partial charge in [0.25, 0.3) is 0 Å². The smallest absolute Gasteiger partial charge is 0.411 e. The molecule has 6 nitrogen and oxygen atoms in total. The van der Waals surface area contributed by atoms with Crippen molar-refractivity contribution in [3.8, 4) is 18.1 Å². The summed E-state index contributed by atoms with van der Waals surface area (Å²) in [7, 11) is 3.57. The van der Waals surface area contributed by atoms with Crippen LogP contribution >= 0.6 is 0 Å². The molecule has 1 amide bonds. The number of oxime groups is 1. The molecule has 1 aromatic rings. The van der Waals surface area contributed by atoms with Crippen molar-refractivity contribution in [3.05, 3.63) is 29.3 Å². The number of hydrogen-bond acceptors (Lipinski definition) is 5. The van der Waals surface area contributed by atoms with Gasteiger partial charge in [-0.25, -0.2) is 4.79 Å². The molecule has 0 aliphatic carbocycles. The highest BCUT2D eigenvalue weighted by molar-refractivity contribution is 5.85. The van der Waals surface area contributed by atoms with E-state index in [1.165, 1.54) is 11.1 Å². The van der Waals surface area contributed by atoms with E-state index in [0.29, 0.717) is 24.4 Å². The normalized spacial score (nSPS) is 12.2. The predicted molar refractivity (Wildman–Crippen MR) is 90.0 cm³/mol. The highest BCUT2D eigenvalue weighted by atomic mass is 16.6. The molecule has 0 spiro atoms. The minimum Gasteiger partial charge on any atom is -0.411 e. The Morgan fingerprint density at radius 3 is 2.78 bits per heavy atom. The van der Waals surface area contributed by atoms with Crippen LogP contribution in [0.3, 0.4) is 0 Å². The first-order chi connectivity index (χ1) is 10.9. The molecule has 1 unspecified atom stereocenters. The lowest BCUT2D eigenvalue weighted by atomic mass is 10.0. The highest BCUT2D eigenvalue weighted by Crippen LogP contribution is 2.26. The van der Waals surface area contributed by atoms with E-state index >= 15 is 0 Å². The summed E-state index contributed by atoms with van der Waals surface area (Å²) in [4.78, 5) is 15.4. The third-order valence-electron chi connectivity index (χ3n) is 3.70. The second kappa shape index (κ2) is 8.81. The third kappa shape index (κ3) is 5.01. The molecule has 0 fully saturated rings. The van der Waals surface area contributed by atoms with Crippen molar-refractivity contribution in [1.82, 2.24) is 9.80 Å². The van der Waals surface area contributed by atoms with E-state index < -0.39 is 6.09 Å². The van der Waals surface area contributed by atoms with Gasteiger partial charge in [0.05, 0.1) is 12.8 Å². The molecule has 0 saturated heterocycles. The summed E-state index contributed by atoms with van der Waals surface area (Å²) in [5, 5.41) is 11.8. The highest BCUT2D eigenvalue weighted by Gasteiger charge is 2.16. The molecule has 23 heavy (non-hydrogen) atoms. The Morgan fingerprint density at radius 2 is 2.22 bits per heavy atom. The van der Waals surface area contributed by atoms with E-state index in [9.17, 15) is 4.79 Å². The number of terminal acetylenes is 1. The average Bonchev–Trinajstić information content (AvgIpc) is 2.55. The van der Waals surface area contributed by atoms with Gasteiger partial charge in [-0.2, -0.15) is 0 Å². The lowest BCUT2D eigenvalue weighted by molar-refractivity contribution is 0.165. The fourth-order valence-electron chi connectivity index (χ4n) is 1.90. The summed E-state index contributed by atoms with van der Waals surface area (Å²) in [6.45, 7) is 4.90. The first-order valence-electron chi connectivity index (χ1n) is 7.32. The number of hydrogen-bond donors (Lipinski definition) is 1. The minimum absolute atomic E-state index is 0.0486. The zero-order valence-electron chi connectivity index (χ0n) is 14.0. The fourth-order valence-corrected chi connectivity index (χ4v) is 1.90. The van der Waals surface area contributed by atoms with Crippen LogP contribution in [0.1, 0.15) is 31.0 Å². The van der Waals surface area contributed by atoms with Crippen molar-refractivity contribution in [2.45, 2.75) is 19.9 Å². The van der Waals surface area contributed by atoms with Gasteiger partial charge in [0.15, 0.2) is 0 Å². The van der Waals surface area contributed by atoms with Crippen molar-refractivity contribution in [3.63, 3.8) is 0 Å². The number of benzene rings is 1. The van der Waals surface area contributed by atoms with Crippen LogP contribution in [0, 0.1) is 12.3 Å². The second-order valence-corrected chi connectivity index (χ2v) is 5.22. The number of amides is 1. The lowest BCUT2D eigenvalue weighted by Crippen LogP contribution is -2.29. The molecule has 124 valence electrons. The van der Waals surface area contributed by atoms with Gasteiger partial charge in [-0.1, -0.05) is 17.1 Å². The number of carbonyl (C=O) groups is 1. The first-order valence-corrected chi connectivity index (χ1v) is 7.32. The van der Waals surface area contributed by atoms with Crippen LogP contribution < -0.4 is 4.74 Å². The van der Waals surface area contributed by atoms with Crippen molar-refractivity contribution < 1.29 is 14.7 Å².